The van der Waals surface area contributed by atoms with Gasteiger partial charge in [-0.1, -0.05) is 23.7 Å². The quantitative estimate of drug-likeness (QED) is 0.703. The lowest BCUT2D eigenvalue weighted by molar-refractivity contribution is -0.128. The third kappa shape index (κ3) is 4.50. The van der Waals surface area contributed by atoms with Crippen LogP contribution in [0, 0.1) is 0 Å². The zero-order valence-corrected chi connectivity index (χ0v) is 17.2. The molecule has 28 heavy (non-hydrogen) atoms. The molecule has 0 unspecified atom stereocenters. The van der Waals surface area contributed by atoms with Crippen molar-refractivity contribution in [3.8, 4) is 11.5 Å². The summed E-state index contributed by atoms with van der Waals surface area (Å²) >= 11 is 7.83. The van der Waals surface area contributed by atoms with Crippen LogP contribution < -0.4 is 14.4 Å². The van der Waals surface area contributed by atoms with E-state index in [1.54, 1.807) is 0 Å². The Morgan fingerprint density at radius 1 is 1.00 bits per heavy atom. The van der Waals surface area contributed by atoms with E-state index in [9.17, 15) is 4.79 Å². The number of hydrogen-bond donors (Lipinski definition) is 0. The topological polar surface area (TPSA) is 42.0 Å². The van der Waals surface area contributed by atoms with Gasteiger partial charge in [-0.15, -0.1) is 11.8 Å². The smallest absolute Gasteiger partial charge is 0.233 e. The minimum Gasteiger partial charge on any atom is -0.490 e. The highest BCUT2D eigenvalue weighted by Gasteiger charge is 2.22. The van der Waals surface area contributed by atoms with Crippen LogP contribution in [0.5, 0.6) is 11.5 Å². The van der Waals surface area contributed by atoms with Gasteiger partial charge in [0.25, 0.3) is 0 Å². The van der Waals surface area contributed by atoms with Crippen LogP contribution in [-0.2, 0) is 4.79 Å². The number of amides is 1. The highest BCUT2D eigenvalue weighted by atomic mass is 35.5. The van der Waals surface area contributed by atoms with Crippen molar-refractivity contribution in [1.82, 2.24) is 4.90 Å². The van der Waals surface area contributed by atoms with Crippen molar-refractivity contribution >= 4 is 35.0 Å². The number of fused-ring (bicyclic) bond motifs is 1. The molecule has 0 aliphatic carbocycles. The molecule has 1 amide bonds. The van der Waals surface area contributed by atoms with Gasteiger partial charge in [-0.05, 0) is 30.3 Å². The molecule has 2 aromatic carbocycles. The first kappa shape index (κ1) is 19.3. The highest BCUT2D eigenvalue weighted by molar-refractivity contribution is 8.00. The van der Waals surface area contributed by atoms with Crippen LogP contribution in [0.4, 0.5) is 5.69 Å². The molecule has 2 heterocycles. The molecule has 0 atom stereocenters. The summed E-state index contributed by atoms with van der Waals surface area (Å²) in [5.41, 5.74) is 1.04. The Morgan fingerprint density at radius 2 is 1.75 bits per heavy atom. The molecule has 2 aromatic rings. The number of thioether (sulfide) groups is 1. The maximum atomic E-state index is 12.6. The standard InChI is InChI=1S/C21H23ClN2O3S/c22-17-4-1-2-5-18(17)23-8-10-24(11-9-23)21(25)15-28-16-6-7-19-20(14-16)27-13-3-12-26-19/h1-2,4-7,14H,3,8-13,15H2. The molecule has 7 heteroatoms. The Labute approximate surface area is 174 Å². The second-order valence-corrected chi connectivity index (χ2v) is 8.22. The van der Waals surface area contributed by atoms with Crippen molar-refractivity contribution in [2.75, 3.05) is 50.0 Å². The maximum absolute atomic E-state index is 12.6. The minimum atomic E-state index is 0.163. The normalized spacial score (nSPS) is 16.6. The molecule has 5 nitrogen and oxygen atoms in total. The lowest BCUT2D eigenvalue weighted by atomic mass is 10.2. The van der Waals surface area contributed by atoms with Crippen molar-refractivity contribution in [2.45, 2.75) is 11.3 Å². The number of halogens is 1. The van der Waals surface area contributed by atoms with Gasteiger partial charge in [0.2, 0.25) is 5.91 Å². The Hall–Kier alpha value is -2.05. The fraction of sp³-hybridized carbons (Fsp3) is 0.381. The van der Waals surface area contributed by atoms with Crippen molar-refractivity contribution in [3.63, 3.8) is 0 Å². The minimum absolute atomic E-state index is 0.163. The van der Waals surface area contributed by atoms with Gasteiger partial charge in [0.15, 0.2) is 11.5 Å². The molecule has 0 aromatic heterocycles. The van der Waals surface area contributed by atoms with E-state index < -0.39 is 0 Å². The van der Waals surface area contributed by atoms with Gasteiger partial charge in [0, 0.05) is 37.5 Å². The molecule has 2 aliphatic rings. The molecule has 148 valence electrons. The third-order valence-corrected chi connectivity index (χ3v) is 6.20. The summed E-state index contributed by atoms with van der Waals surface area (Å²) in [5, 5.41) is 0.757. The van der Waals surface area contributed by atoms with Crippen molar-refractivity contribution in [1.29, 1.82) is 0 Å². The Bertz CT molecular complexity index is 840. The first-order chi connectivity index (χ1) is 13.7. The number of carbonyl (C=O) groups is 1. The monoisotopic (exact) mass is 418 g/mol. The summed E-state index contributed by atoms with van der Waals surface area (Å²) in [7, 11) is 0. The zero-order chi connectivity index (χ0) is 19.3. The van der Waals surface area contributed by atoms with Gasteiger partial charge >= 0.3 is 0 Å². The van der Waals surface area contributed by atoms with Crippen LogP contribution >= 0.6 is 23.4 Å². The van der Waals surface area contributed by atoms with E-state index in [0.717, 1.165) is 46.6 Å². The van der Waals surface area contributed by atoms with E-state index in [4.69, 9.17) is 21.1 Å². The molecule has 0 spiro atoms. The molecule has 0 N–H and O–H groups in total. The lowest BCUT2D eigenvalue weighted by Gasteiger charge is -2.36. The SMILES string of the molecule is O=C(CSc1ccc2c(c1)OCCCO2)N1CCN(c2ccccc2Cl)CC1. The van der Waals surface area contributed by atoms with Crippen LogP contribution in [0.15, 0.2) is 47.4 Å². The average Bonchev–Trinajstić information content (AvgIpc) is 2.97. The predicted octanol–water partition coefficient (Wildman–Crippen LogP) is 3.94. The first-order valence-electron chi connectivity index (χ1n) is 9.50. The fourth-order valence-corrected chi connectivity index (χ4v) is 4.46. The van der Waals surface area contributed by atoms with Gasteiger partial charge < -0.3 is 19.3 Å². The zero-order valence-electron chi connectivity index (χ0n) is 15.6. The number of rotatable bonds is 4. The Balaban J connectivity index is 1.29. The van der Waals surface area contributed by atoms with Gasteiger partial charge in [-0.2, -0.15) is 0 Å². The van der Waals surface area contributed by atoms with E-state index in [1.165, 1.54) is 11.8 Å². The Morgan fingerprint density at radius 3 is 2.54 bits per heavy atom. The van der Waals surface area contributed by atoms with E-state index in [0.29, 0.717) is 32.1 Å². The van der Waals surface area contributed by atoms with Gasteiger partial charge in [0.05, 0.1) is 29.7 Å². The van der Waals surface area contributed by atoms with Crippen LogP contribution in [0.25, 0.3) is 0 Å². The summed E-state index contributed by atoms with van der Waals surface area (Å²) in [6, 6.07) is 13.7. The number of nitrogens with zero attached hydrogens (tertiary/aromatic N) is 2. The van der Waals surface area contributed by atoms with E-state index in [2.05, 4.69) is 4.90 Å². The molecule has 2 aliphatic heterocycles. The van der Waals surface area contributed by atoms with Crippen LogP contribution in [-0.4, -0.2) is 56.0 Å². The molecule has 0 bridgehead atoms. The lowest BCUT2D eigenvalue weighted by Crippen LogP contribution is -2.49. The third-order valence-electron chi connectivity index (χ3n) is 4.91. The predicted molar refractivity (Wildman–Crippen MR) is 113 cm³/mol. The summed E-state index contributed by atoms with van der Waals surface area (Å²) in [4.78, 5) is 17.8. The van der Waals surface area contributed by atoms with E-state index >= 15 is 0 Å². The van der Waals surface area contributed by atoms with Crippen molar-refractivity contribution < 1.29 is 14.3 Å². The van der Waals surface area contributed by atoms with Crippen LogP contribution in [0.3, 0.4) is 0 Å². The number of benzene rings is 2. The first-order valence-corrected chi connectivity index (χ1v) is 10.9. The number of piperazine rings is 1. The highest BCUT2D eigenvalue weighted by Crippen LogP contribution is 2.34. The molecular formula is C21H23ClN2O3S. The molecular weight excluding hydrogens is 396 g/mol. The van der Waals surface area contributed by atoms with Crippen LogP contribution in [0.2, 0.25) is 5.02 Å². The number of hydrogen-bond acceptors (Lipinski definition) is 5. The van der Waals surface area contributed by atoms with Crippen LogP contribution in [0.1, 0.15) is 6.42 Å². The molecule has 1 fully saturated rings. The largest absolute Gasteiger partial charge is 0.490 e. The summed E-state index contributed by atoms with van der Waals surface area (Å²) < 4.78 is 11.4. The summed E-state index contributed by atoms with van der Waals surface area (Å²) in [6.45, 7) is 4.36. The van der Waals surface area contributed by atoms with Gasteiger partial charge in [0.1, 0.15) is 0 Å². The molecule has 0 saturated carbocycles. The fourth-order valence-electron chi connectivity index (χ4n) is 3.37. The molecule has 1 saturated heterocycles. The average molecular weight is 419 g/mol. The van der Waals surface area contributed by atoms with E-state index in [1.807, 2.05) is 47.4 Å². The molecule has 0 radical (unpaired) electrons. The maximum Gasteiger partial charge on any atom is 0.233 e. The second kappa shape index (κ2) is 8.97. The number of anilines is 1. The van der Waals surface area contributed by atoms with Gasteiger partial charge in [-0.3, -0.25) is 4.79 Å². The summed E-state index contributed by atoms with van der Waals surface area (Å²) in [6.07, 6.45) is 0.885. The number of ether oxygens (including phenoxy) is 2. The second-order valence-electron chi connectivity index (χ2n) is 6.77. The van der Waals surface area contributed by atoms with Crippen molar-refractivity contribution in [3.05, 3.63) is 47.5 Å². The van der Waals surface area contributed by atoms with Gasteiger partial charge in [-0.25, -0.2) is 0 Å². The van der Waals surface area contributed by atoms with Crippen molar-refractivity contribution in [2.24, 2.45) is 0 Å². The number of carbonyl (C=O) groups excluding carboxylic acids is 1. The summed E-state index contributed by atoms with van der Waals surface area (Å²) in [5.74, 6) is 2.13. The Kier molecular flexibility index (Phi) is 6.17. The number of para-hydroxylation sites is 1. The molecule has 4 rings (SSSR count). The van der Waals surface area contributed by atoms with E-state index in [-0.39, 0.29) is 5.91 Å².